The van der Waals surface area contributed by atoms with Crippen LogP contribution in [0.2, 0.25) is 0 Å². The molecule has 1 aromatic heterocycles. The first-order chi connectivity index (χ1) is 14.6. The predicted octanol–water partition coefficient (Wildman–Crippen LogP) is 4.85. The number of rotatable bonds is 7. The summed E-state index contributed by atoms with van der Waals surface area (Å²) in [5, 5.41) is 0.0757. The zero-order valence-corrected chi connectivity index (χ0v) is 19.5. The van der Waals surface area contributed by atoms with Gasteiger partial charge in [-0.15, -0.1) is 0 Å². The van der Waals surface area contributed by atoms with Crippen LogP contribution in [0.1, 0.15) is 38.3 Å². The fourth-order valence-electron chi connectivity index (χ4n) is 3.80. The van der Waals surface area contributed by atoms with Gasteiger partial charge in [-0.05, 0) is 69.5 Å². The summed E-state index contributed by atoms with van der Waals surface area (Å²) in [6.07, 6.45) is 2.14. The number of fused-ring (bicyclic) bond motifs is 1. The summed E-state index contributed by atoms with van der Waals surface area (Å²) < 4.78 is 43.4. The van der Waals surface area contributed by atoms with Crippen molar-refractivity contribution in [2.75, 3.05) is 18.0 Å². The molecule has 7 heteroatoms. The maximum Gasteiger partial charge on any atom is 0.211 e. The molecule has 0 atom stereocenters. The first kappa shape index (κ1) is 23.0. The van der Waals surface area contributed by atoms with E-state index in [-0.39, 0.29) is 15.2 Å². The van der Waals surface area contributed by atoms with E-state index in [4.69, 9.17) is 0 Å². The topological polar surface area (TPSA) is 59.4 Å². The van der Waals surface area contributed by atoms with E-state index in [1.54, 1.807) is 22.8 Å². The highest BCUT2D eigenvalue weighted by molar-refractivity contribution is 7.91. The summed E-state index contributed by atoms with van der Waals surface area (Å²) in [5.41, 5.74) is 2.06. The van der Waals surface area contributed by atoms with Gasteiger partial charge in [-0.1, -0.05) is 13.0 Å². The highest BCUT2D eigenvalue weighted by atomic mass is 32.2. The molecule has 5 nitrogen and oxygen atoms in total. The fraction of sp³-hybridized carbons (Fsp3) is 0.375. The van der Waals surface area contributed by atoms with Crippen molar-refractivity contribution in [2.45, 2.75) is 57.4 Å². The van der Waals surface area contributed by atoms with Crippen molar-refractivity contribution in [3.63, 3.8) is 0 Å². The first-order valence-electron chi connectivity index (χ1n) is 10.6. The monoisotopic (exact) mass is 444 g/mol. The second kappa shape index (κ2) is 8.83. The van der Waals surface area contributed by atoms with E-state index < -0.39 is 21.1 Å². The first-order valence-corrected chi connectivity index (χ1v) is 12.1. The van der Waals surface area contributed by atoms with Crippen LogP contribution >= 0.6 is 0 Å². The van der Waals surface area contributed by atoms with Crippen molar-refractivity contribution >= 4 is 26.4 Å². The van der Waals surface area contributed by atoms with Gasteiger partial charge in [0.1, 0.15) is 10.7 Å². The highest BCUT2D eigenvalue weighted by Gasteiger charge is 2.25. The fourth-order valence-corrected chi connectivity index (χ4v) is 5.26. The van der Waals surface area contributed by atoms with E-state index in [1.165, 1.54) is 18.3 Å². The third kappa shape index (κ3) is 4.11. The molecule has 31 heavy (non-hydrogen) atoms. The number of halogens is 1. The number of sulfone groups is 1. The van der Waals surface area contributed by atoms with Gasteiger partial charge in [-0.2, -0.15) is 0 Å². The summed E-state index contributed by atoms with van der Waals surface area (Å²) in [6, 6.07) is 7.64. The summed E-state index contributed by atoms with van der Waals surface area (Å²) in [5.74, 6) is -0.530. The lowest BCUT2D eigenvalue weighted by Crippen LogP contribution is -2.24. The number of anilines is 1. The lowest BCUT2D eigenvalue weighted by atomic mass is 10.1. The van der Waals surface area contributed by atoms with Crippen LogP contribution in [0, 0.1) is 19.7 Å². The van der Waals surface area contributed by atoms with Crippen LogP contribution in [-0.2, 0) is 16.4 Å². The number of aromatic nitrogens is 1. The summed E-state index contributed by atoms with van der Waals surface area (Å²) >= 11 is 0. The van der Waals surface area contributed by atoms with E-state index in [2.05, 4.69) is 0 Å². The summed E-state index contributed by atoms with van der Waals surface area (Å²) in [4.78, 5) is 14.9. The molecule has 0 unspecified atom stereocenters. The van der Waals surface area contributed by atoms with Crippen LogP contribution in [0.3, 0.4) is 0 Å². The number of hydrogen-bond donors (Lipinski definition) is 0. The van der Waals surface area contributed by atoms with Crippen LogP contribution in [0.15, 0.2) is 51.1 Å². The Bertz CT molecular complexity index is 1290. The Labute approximate surface area is 183 Å². The number of aryl methyl sites for hydroxylation is 3. The van der Waals surface area contributed by atoms with Gasteiger partial charge in [0.2, 0.25) is 15.3 Å². The number of nitrogens with zero attached hydrogens (tertiary/aromatic N) is 2. The molecule has 0 amide bonds. The van der Waals surface area contributed by atoms with E-state index in [0.29, 0.717) is 30.8 Å². The molecular weight excluding hydrogens is 415 g/mol. The second-order valence-electron chi connectivity index (χ2n) is 7.76. The normalized spacial score (nSPS) is 11.8. The Hall–Kier alpha value is -2.67. The van der Waals surface area contributed by atoms with Crippen molar-refractivity contribution in [3.8, 4) is 0 Å². The van der Waals surface area contributed by atoms with Crippen molar-refractivity contribution < 1.29 is 12.8 Å². The van der Waals surface area contributed by atoms with E-state index in [1.807, 2.05) is 39.5 Å². The average molecular weight is 445 g/mol. The van der Waals surface area contributed by atoms with Gasteiger partial charge in [0.25, 0.3) is 0 Å². The van der Waals surface area contributed by atoms with Crippen LogP contribution in [-0.4, -0.2) is 26.1 Å². The Kier molecular flexibility index (Phi) is 6.55. The SMILES string of the molecule is CCCn1cc(S(=O)(=O)c2ccc(C)c(C)c2)c(=O)c2cc(F)c(N(CC)CC)cc21. The molecule has 3 rings (SSSR count). The van der Waals surface area contributed by atoms with Crippen LogP contribution in [0.4, 0.5) is 10.1 Å². The largest absolute Gasteiger partial charge is 0.370 e. The van der Waals surface area contributed by atoms with Gasteiger partial charge in [0.15, 0.2) is 0 Å². The highest BCUT2D eigenvalue weighted by Crippen LogP contribution is 2.28. The van der Waals surface area contributed by atoms with Crippen molar-refractivity contribution in [3.05, 3.63) is 63.7 Å². The number of pyridine rings is 1. The van der Waals surface area contributed by atoms with Crippen LogP contribution in [0.5, 0.6) is 0 Å². The molecule has 0 aliphatic rings. The molecule has 0 N–H and O–H groups in total. The Morgan fingerprint density at radius 3 is 2.26 bits per heavy atom. The maximum atomic E-state index is 15.0. The quantitative estimate of drug-likeness (QED) is 0.523. The molecule has 0 aliphatic carbocycles. The maximum absolute atomic E-state index is 15.0. The molecule has 0 bridgehead atoms. The molecular formula is C24H29FN2O3S. The van der Waals surface area contributed by atoms with Crippen molar-refractivity contribution in [1.82, 2.24) is 4.57 Å². The minimum Gasteiger partial charge on any atom is -0.370 e. The van der Waals surface area contributed by atoms with E-state index in [9.17, 15) is 17.6 Å². The van der Waals surface area contributed by atoms with Crippen LogP contribution < -0.4 is 10.3 Å². The number of hydrogen-bond acceptors (Lipinski definition) is 4. The zero-order chi connectivity index (χ0) is 22.9. The smallest absolute Gasteiger partial charge is 0.211 e. The molecule has 1 heterocycles. The average Bonchev–Trinajstić information content (AvgIpc) is 2.73. The standard InChI is InChI=1S/C24H29FN2O3S/c1-6-11-27-15-23(31(29,30)18-10-9-16(4)17(5)12-18)24(28)19-13-20(25)22(14-21(19)27)26(7-2)8-3/h9-10,12-15H,6-8,11H2,1-5H3. The van der Waals surface area contributed by atoms with Gasteiger partial charge < -0.3 is 9.47 Å². The second-order valence-corrected chi connectivity index (χ2v) is 9.68. The third-order valence-electron chi connectivity index (χ3n) is 5.76. The predicted molar refractivity (Wildman–Crippen MR) is 123 cm³/mol. The lowest BCUT2D eigenvalue weighted by molar-refractivity contribution is 0.592. The summed E-state index contributed by atoms with van der Waals surface area (Å²) in [6.45, 7) is 11.3. The minimum atomic E-state index is -4.06. The lowest BCUT2D eigenvalue weighted by Gasteiger charge is -2.23. The molecule has 0 spiro atoms. The molecule has 2 aromatic carbocycles. The molecule has 166 valence electrons. The third-order valence-corrected chi connectivity index (χ3v) is 7.51. The molecule has 0 aliphatic heterocycles. The van der Waals surface area contributed by atoms with Gasteiger partial charge in [-0.25, -0.2) is 12.8 Å². The van der Waals surface area contributed by atoms with E-state index in [0.717, 1.165) is 17.5 Å². The van der Waals surface area contributed by atoms with Crippen LogP contribution in [0.25, 0.3) is 10.9 Å². The van der Waals surface area contributed by atoms with E-state index >= 15 is 0 Å². The van der Waals surface area contributed by atoms with Crippen molar-refractivity contribution in [1.29, 1.82) is 0 Å². The molecule has 0 saturated carbocycles. The van der Waals surface area contributed by atoms with Gasteiger partial charge in [-0.3, -0.25) is 4.79 Å². The molecule has 0 saturated heterocycles. The molecule has 0 fully saturated rings. The van der Waals surface area contributed by atoms with Gasteiger partial charge in [0.05, 0.1) is 21.5 Å². The molecule has 3 aromatic rings. The Balaban J connectivity index is 2.34. The minimum absolute atomic E-state index is 0.0651. The van der Waals surface area contributed by atoms with Crippen molar-refractivity contribution in [2.24, 2.45) is 0 Å². The zero-order valence-electron chi connectivity index (χ0n) is 18.7. The molecule has 0 radical (unpaired) electrons. The van der Waals surface area contributed by atoms with Gasteiger partial charge in [0, 0.05) is 25.8 Å². The number of benzene rings is 2. The summed E-state index contributed by atoms with van der Waals surface area (Å²) in [7, 11) is -4.06. The van der Waals surface area contributed by atoms with Gasteiger partial charge >= 0.3 is 0 Å². The Morgan fingerprint density at radius 1 is 1.00 bits per heavy atom. The Morgan fingerprint density at radius 2 is 1.68 bits per heavy atom.